The van der Waals surface area contributed by atoms with E-state index < -0.39 is 23.0 Å². The molecule has 6 nitrogen and oxygen atoms in total. The van der Waals surface area contributed by atoms with Gasteiger partial charge in [-0.2, -0.15) is 0 Å². The summed E-state index contributed by atoms with van der Waals surface area (Å²) in [7, 11) is 0. The Morgan fingerprint density at radius 3 is 2.29 bits per heavy atom. The van der Waals surface area contributed by atoms with Gasteiger partial charge in [-0.05, 0) is 33.6 Å². The summed E-state index contributed by atoms with van der Waals surface area (Å²) in [4.78, 5) is 38.3. The largest absolute Gasteiger partial charge is 0.461 e. The second-order valence-electron chi connectivity index (χ2n) is 7.08. The molecule has 0 aliphatic carbocycles. The van der Waals surface area contributed by atoms with Crippen LogP contribution in [0.2, 0.25) is 0 Å². The molecule has 0 radical (unpaired) electrons. The number of nitrogens with zero attached hydrogens (tertiary/aromatic N) is 1. The molecule has 0 aromatic heterocycles. The summed E-state index contributed by atoms with van der Waals surface area (Å²) in [5.41, 5.74) is -2.14. The van der Waals surface area contributed by atoms with E-state index in [1.54, 1.807) is 0 Å². The number of nitrogens with one attached hydrogen (secondary N) is 1. The number of amides is 2. The van der Waals surface area contributed by atoms with Crippen LogP contribution in [-0.2, 0) is 19.1 Å². The van der Waals surface area contributed by atoms with Crippen LogP contribution in [0.15, 0.2) is 0 Å². The normalized spacial score (nSPS) is 26.6. The summed E-state index contributed by atoms with van der Waals surface area (Å²) >= 11 is 0. The number of carbonyl (C=O) groups excluding carboxylic acids is 3. The summed E-state index contributed by atoms with van der Waals surface area (Å²) in [6.45, 7) is 12.3. The molecule has 1 saturated heterocycles. The van der Waals surface area contributed by atoms with Crippen molar-refractivity contribution in [3.63, 3.8) is 0 Å². The zero-order valence-electron chi connectivity index (χ0n) is 13.9. The quantitative estimate of drug-likeness (QED) is 0.611. The number of ether oxygens (including phenoxy) is 1. The molecular weight excluding hydrogens is 272 g/mol. The van der Waals surface area contributed by atoms with E-state index in [0.717, 1.165) is 0 Å². The molecule has 2 amide bonds. The summed E-state index contributed by atoms with van der Waals surface area (Å²) in [6, 6.07) is -0.309. The van der Waals surface area contributed by atoms with Crippen molar-refractivity contribution in [1.82, 2.24) is 10.2 Å². The summed E-state index contributed by atoms with van der Waals surface area (Å²) in [6.07, 6.45) is 0. The first kappa shape index (κ1) is 17.5. The highest BCUT2D eigenvalue weighted by atomic mass is 16.5. The number of hydrogen-bond donors (Lipinski definition) is 1. The van der Waals surface area contributed by atoms with Crippen molar-refractivity contribution in [2.24, 2.45) is 5.92 Å². The van der Waals surface area contributed by atoms with Crippen molar-refractivity contribution >= 4 is 17.8 Å². The fourth-order valence-corrected chi connectivity index (χ4v) is 2.51. The lowest BCUT2D eigenvalue weighted by Gasteiger charge is -2.47. The molecule has 6 heteroatoms. The number of cyclic esters (lactones) is 1. The van der Waals surface area contributed by atoms with E-state index in [1.807, 2.05) is 34.6 Å². The minimum Gasteiger partial charge on any atom is -0.461 e. The second-order valence-corrected chi connectivity index (χ2v) is 7.08. The van der Waals surface area contributed by atoms with Crippen molar-refractivity contribution in [3.05, 3.63) is 0 Å². The molecule has 0 aromatic rings. The Kier molecular flexibility index (Phi) is 4.70. The second kappa shape index (κ2) is 5.66. The molecule has 1 aliphatic heterocycles. The average molecular weight is 298 g/mol. The fourth-order valence-electron chi connectivity index (χ4n) is 2.51. The molecule has 120 valence electrons. The van der Waals surface area contributed by atoms with Crippen LogP contribution >= 0.6 is 0 Å². The Hall–Kier alpha value is -1.59. The van der Waals surface area contributed by atoms with Crippen molar-refractivity contribution in [2.75, 3.05) is 6.61 Å². The predicted molar refractivity (Wildman–Crippen MR) is 78.4 cm³/mol. The number of esters is 1. The summed E-state index contributed by atoms with van der Waals surface area (Å²) < 4.78 is 5.19. The number of rotatable bonds is 2. The van der Waals surface area contributed by atoms with Gasteiger partial charge in [-0.3, -0.25) is 9.59 Å². The van der Waals surface area contributed by atoms with Crippen molar-refractivity contribution in [3.8, 4) is 0 Å². The summed E-state index contributed by atoms with van der Waals surface area (Å²) in [5, 5.41) is 2.77. The van der Waals surface area contributed by atoms with Gasteiger partial charge in [-0.25, -0.2) is 4.79 Å². The zero-order valence-corrected chi connectivity index (χ0v) is 13.9. The van der Waals surface area contributed by atoms with Crippen molar-refractivity contribution in [1.29, 1.82) is 0 Å². The van der Waals surface area contributed by atoms with Crippen LogP contribution in [0.25, 0.3) is 0 Å². The van der Waals surface area contributed by atoms with Gasteiger partial charge in [0.05, 0.1) is 6.04 Å². The first-order valence-electron chi connectivity index (χ1n) is 7.21. The Balaban J connectivity index is 3.27. The van der Waals surface area contributed by atoms with Gasteiger partial charge < -0.3 is 15.0 Å². The van der Waals surface area contributed by atoms with Gasteiger partial charge >= 0.3 is 5.97 Å². The van der Waals surface area contributed by atoms with Gasteiger partial charge in [-0.15, -0.1) is 0 Å². The molecule has 2 atom stereocenters. The van der Waals surface area contributed by atoms with E-state index in [0.29, 0.717) is 0 Å². The first-order chi connectivity index (χ1) is 9.41. The smallest absolute Gasteiger partial charge is 0.341 e. The van der Waals surface area contributed by atoms with Crippen LogP contribution < -0.4 is 5.32 Å². The highest BCUT2D eigenvalue weighted by Crippen LogP contribution is 2.30. The highest BCUT2D eigenvalue weighted by molar-refractivity contribution is 6.10. The van der Waals surface area contributed by atoms with Gasteiger partial charge in [0.15, 0.2) is 0 Å². The van der Waals surface area contributed by atoms with Gasteiger partial charge in [0.1, 0.15) is 6.61 Å². The number of morpholine rings is 1. The Bertz CT molecular complexity index is 453. The van der Waals surface area contributed by atoms with Crippen LogP contribution in [0.3, 0.4) is 0 Å². The third-order valence-electron chi connectivity index (χ3n) is 3.64. The topological polar surface area (TPSA) is 75.7 Å². The molecule has 0 bridgehead atoms. The number of carbonyl (C=O) groups is 3. The maximum atomic E-state index is 12.6. The lowest BCUT2D eigenvalue weighted by Crippen LogP contribution is -2.72. The lowest BCUT2D eigenvalue weighted by atomic mass is 9.89. The average Bonchev–Trinajstić information content (AvgIpc) is 2.29. The third kappa shape index (κ3) is 3.36. The highest BCUT2D eigenvalue weighted by Gasteiger charge is 2.56. The molecule has 1 rings (SSSR count). The molecule has 0 saturated carbocycles. The number of hydrogen-bond acceptors (Lipinski definition) is 4. The maximum Gasteiger partial charge on any atom is 0.341 e. The molecular formula is C15H26N2O4. The SMILES string of the molecule is CC(=O)N1[C@@H](C(C)C)COC(=O)[C@]1(C)C(=O)NC(C)(C)C. The minimum atomic E-state index is -1.63. The molecule has 0 spiro atoms. The standard InChI is InChI=1S/C15H26N2O4/c1-9(2)11-8-21-13(20)15(7,17(11)10(3)18)12(19)16-14(4,5)6/h9,11H,8H2,1-7H3,(H,16,19)/t11-,15+/m1/s1. The third-order valence-corrected chi connectivity index (χ3v) is 3.64. The van der Waals surface area contributed by atoms with Crippen LogP contribution in [0.1, 0.15) is 48.5 Å². The molecule has 1 N–H and O–H groups in total. The van der Waals surface area contributed by atoms with E-state index in [4.69, 9.17) is 4.74 Å². The molecule has 21 heavy (non-hydrogen) atoms. The monoisotopic (exact) mass is 298 g/mol. The molecule has 0 aromatic carbocycles. The molecule has 1 heterocycles. The van der Waals surface area contributed by atoms with E-state index in [-0.39, 0.29) is 24.5 Å². The van der Waals surface area contributed by atoms with Crippen LogP contribution in [-0.4, -0.2) is 46.4 Å². The maximum absolute atomic E-state index is 12.6. The Morgan fingerprint density at radius 2 is 1.90 bits per heavy atom. The van der Waals surface area contributed by atoms with Gasteiger partial charge in [-0.1, -0.05) is 13.8 Å². The first-order valence-corrected chi connectivity index (χ1v) is 7.21. The van der Waals surface area contributed by atoms with Crippen molar-refractivity contribution in [2.45, 2.75) is 65.6 Å². The summed E-state index contributed by atoms with van der Waals surface area (Å²) in [5.74, 6) is -1.43. The van der Waals surface area contributed by atoms with Gasteiger partial charge in [0.25, 0.3) is 5.91 Å². The van der Waals surface area contributed by atoms with E-state index in [9.17, 15) is 14.4 Å². The van der Waals surface area contributed by atoms with Crippen LogP contribution in [0, 0.1) is 5.92 Å². The molecule has 0 unspecified atom stereocenters. The fraction of sp³-hybridized carbons (Fsp3) is 0.800. The Labute approximate surface area is 126 Å². The van der Waals surface area contributed by atoms with E-state index in [1.165, 1.54) is 18.7 Å². The van der Waals surface area contributed by atoms with E-state index >= 15 is 0 Å². The minimum absolute atomic E-state index is 0.0729. The Morgan fingerprint density at radius 1 is 1.38 bits per heavy atom. The zero-order chi connectivity index (χ0) is 16.6. The predicted octanol–water partition coefficient (Wildman–Crippen LogP) is 1.09. The van der Waals surface area contributed by atoms with Gasteiger partial charge in [0, 0.05) is 12.5 Å². The van der Waals surface area contributed by atoms with Crippen molar-refractivity contribution < 1.29 is 19.1 Å². The van der Waals surface area contributed by atoms with Crippen LogP contribution in [0.5, 0.6) is 0 Å². The van der Waals surface area contributed by atoms with E-state index in [2.05, 4.69) is 5.32 Å². The van der Waals surface area contributed by atoms with Gasteiger partial charge in [0.2, 0.25) is 11.4 Å². The molecule has 1 fully saturated rings. The molecule has 1 aliphatic rings. The lowest BCUT2D eigenvalue weighted by molar-refractivity contribution is -0.185. The van der Waals surface area contributed by atoms with Crippen LogP contribution in [0.4, 0.5) is 0 Å².